The molecule has 27 heavy (non-hydrogen) atoms. The Balaban J connectivity index is 1.80. The first-order valence-electron chi connectivity index (χ1n) is 9.27. The van der Waals surface area contributed by atoms with Crippen LogP contribution < -0.4 is 15.4 Å². The molecule has 1 aromatic heterocycles. The van der Waals surface area contributed by atoms with Crippen LogP contribution in [0.15, 0.2) is 41.5 Å². The molecule has 1 aromatic carbocycles. The molecule has 3 rings (SSSR count). The maximum atomic E-state index is 11.7. The predicted octanol–water partition coefficient (Wildman–Crippen LogP) is 4.17. The lowest BCUT2D eigenvalue weighted by Gasteiger charge is -2.16. The van der Waals surface area contributed by atoms with Gasteiger partial charge < -0.3 is 15.4 Å². The van der Waals surface area contributed by atoms with Gasteiger partial charge in [-0.25, -0.2) is 0 Å². The number of hydrogen-bond donors (Lipinski definition) is 2. The second kappa shape index (κ2) is 8.20. The van der Waals surface area contributed by atoms with Crippen LogP contribution >= 0.6 is 0 Å². The van der Waals surface area contributed by atoms with E-state index in [0.717, 1.165) is 17.1 Å². The van der Waals surface area contributed by atoms with Crippen molar-refractivity contribution in [2.75, 3.05) is 12.4 Å². The van der Waals surface area contributed by atoms with Crippen molar-refractivity contribution in [1.82, 2.24) is 10.3 Å². The zero-order valence-corrected chi connectivity index (χ0v) is 16.2. The van der Waals surface area contributed by atoms with Gasteiger partial charge in [-0.05, 0) is 37.5 Å². The molecule has 0 spiro atoms. The number of carbonyl (C=O) groups is 1. The minimum atomic E-state index is -0.246. The van der Waals surface area contributed by atoms with Crippen LogP contribution in [0.5, 0.6) is 11.5 Å². The molecule has 2 aromatic rings. The van der Waals surface area contributed by atoms with Gasteiger partial charge in [-0.3, -0.25) is 14.8 Å². The Bertz CT molecular complexity index is 857. The van der Waals surface area contributed by atoms with Gasteiger partial charge in [-0.1, -0.05) is 19.9 Å². The SMILES string of the molecule is CNC(=O)c1cc(Oc2ccc(C)c(NC(=NC3CC3)C(C)C)c2)ccn1. The Morgan fingerprint density at radius 1 is 1.22 bits per heavy atom. The summed E-state index contributed by atoms with van der Waals surface area (Å²) >= 11 is 0. The van der Waals surface area contributed by atoms with Crippen LogP contribution in [0.4, 0.5) is 5.69 Å². The van der Waals surface area contributed by atoms with Crippen molar-refractivity contribution in [3.8, 4) is 11.5 Å². The van der Waals surface area contributed by atoms with E-state index in [2.05, 4.69) is 36.4 Å². The Labute approximate surface area is 160 Å². The fourth-order valence-corrected chi connectivity index (χ4v) is 2.53. The quantitative estimate of drug-likeness (QED) is 0.594. The van der Waals surface area contributed by atoms with Gasteiger partial charge in [0.15, 0.2) is 0 Å². The van der Waals surface area contributed by atoms with E-state index in [1.165, 1.54) is 12.8 Å². The van der Waals surface area contributed by atoms with E-state index in [1.807, 2.05) is 18.2 Å². The van der Waals surface area contributed by atoms with Crippen molar-refractivity contribution in [1.29, 1.82) is 0 Å². The zero-order chi connectivity index (χ0) is 19.4. The third-order valence-corrected chi connectivity index (χ3v) is 4.31. The topological polar surface area (TPSA) is 75.6 Å². The monoisotopic (exact) mass is 366 g/mol. The highest BCUT2D eigenvalue weighted by Gasteiger charge is 2.22. The minimum Gasteiger partial charge on any atom is -0.457 e. The number of pyridine rings is 1. The number of rotatable bonds is 6. The summed E-state index contributed by atoms with van der Waals surface area (Å²) in [7, 11) is 1.57. The lowest BCUT2D eigenvalue weighted by molar-refractivity contribution is 0.0958. The average molecular weight is 366 g/mol. The molecule has 1 saturated carbocycles. The molecule has 0 radical (unpaired) electrons. The van der Waals surface area contributed by atoms with Crippen molar-refractivity contribution in [2.24, 2.45) is 10.9 Å². The number of amidine groups is 1. The Kier molecular flexibility index (Phi) is 5.74. The number of anilines is 1. The number of ether oxygens (including phenoxy) is 1. The lowest BCUT2D eigenvalue weighted by atomic mass is 10.1. The van der Waals surface area contributed by atoms with E-state index in [-0.39, 0.29) is 5.91 Å². The predicted molar refractivity (Wildman–Crippen MR) is 108 cm³/mol. The number of aromatic nitrogens is 1. The summed E-state index contributed by atoms with van der Waals surface area (Å²) in [4.78, 5) is 20.6. The summed E-state index contributed by atoms with van der Waals surface area (Å²) in [5, 5.41) is 6.04. The minimum absolute atomic E-state index is 0.246. The summed E-state index contributed by atoms with van der Waals surface area (Å²) in [6.45, 7) is 6.33. The molecule has 0 unspecified atom stereocenters. The molecule has 1 amide bonds. The van der Waals surface area contributed by atoms with Crippen molar-refractivity contribution < 1.29 is 9.53 Å². The van der Waals surface area contributed by atoms with Crippen molar-refractivity contribution in [3.05, 3.63) is 47.8 Å². The number of benzene rings is 1. The van der Waals surface area contributed by atoms with Crippen LogP contribution in [0.3, 0.4) is 0 Å². The largest absolute Gasteiger partial charge is 0.457 e. The first-order valence-corrected chi connectivity index (χ1v) is 9.27. The third kappa shape index (κ3) is 5.06. The Morgan fingerprint density at radius 2 is 1.96 bits per heavy atom. The second-order valence-electron chi connectivity index (χ2n) is 7.06. The summed E-state index contributed by atoms with van der Waals surface area (Å²) in [5.74, 6) is 2.33. The van der Waals surface area contributed by atoms with Gasteiger partial charge in [-0.15, -0.1) is 0 Å². The molecule has 142 valence electrons. The van der Waals surface area contributed by atoms with Crippen LogP contribution in [-0.4, -0.2) is 29.8 Å². The maximum Gasteiger partial charge on any atom is 0.269 e. The average Bonchev–Trinajstić information content (AvgIpc) is 3.47. The van der Waals surface area contributed by atoms with Crippen LogP contribution in [0.25, 0.3) is 0 Å². The molecular weight excluding hydrogens is 340 g/mol. The molecule has 6 nitrogen and oxygen atoms in total. The van der Waals surface area contributed by atoms with Crippen LogP contribution in [0.1, 0.15) is 42.7 Å². The van der Waals surface area contributed by atoms with E-state index in [1.54, 1.807) is 25.4 Å². The van der Waals surface area contributed by atoms with Gasteiger partial charge in [-0.2, -0.15) is 0 Å². The van der Waals surface area contributed by atoms with E-state index in [9.17, 15) is 4.79 Å². The molecule has 0 aliphatic heterocycles. The number of aliphatic imine (C=N–C) groups is 1. The summed E-state index contributed by atoms with van der Waals surface area (Å²) in [6, 6.07) is 9.70. The highest BCUT2D eigenvalue weighted by atomic mass is 16.5. The maximum absolute atomic E-state index is 11.7. The molecule has 0 atom stereocenters. The normalized spacial score (nSPS) is 14.2. The van der Waals surface area contributed by atoms with Gasteiger partial charge in [0, 0.05) is 37.0 Å². The van der Waals surface area contributed by atoms with Crippen molar-refractivity contribution in [3.63, 3.8) is 0 Å². The zero-order valence-electron chi connectivity index (χ0n) is 16.2. The summed E-state index contributed by atoms with van der Waals surface area (Å²) in [6.07, 6.45) is 3.91. The molecular formula is C21H26N4O2. The number of nitrogens with one attached hydrogen (secondary N) is 2. The van der Waals surface area contributed by atoms with E-state index in [4.69, 9.17) is 9.73 Å². The fourth-order valence-electron chi connectivity index (χ4n) is 2.53. The second-order valence-corrected chi connectivity index (χ2v) is 7.06. The lowest BCUT2D eigenvalue weighted by Crippen LogP contribution is -2.20. The van der Waals surface area contributed by atoms with E-state index < -0.39 is 0 Å². The van der Waals surface area contributed by atoms with Crippen molar-refractivity contribution in [2.45, 2.75) is 39.7 Å². The van der Waals surface area contributed by atoms with Gasteiger partial charge >= 0.3 is 0 Å². The number of hydrogen-bond acceptors (Lipinski definition) is 4. The van der Waals surface area contributed by atoms with Crippen molar-refractivity contribution >= 4 is 17.4 Å². The fraction of sp³-hybridized carbons (Fsp3) is 0.381. The van der Waals surface area contributed by atoms with Crippen LogP contribution in [0, 0.1) is 12.8 Å². The Morgan fingerprint density at radius 3 is 2.63 bits per heavy atom. The first-order chi connectivity index (χ1) is 13.0. The Hall–Kier alpha value is -2.89. The number of amides is 1. The standard InChI is InChI=1S/C21H26N4O2/c1-13(2)20(24-15-6-7-15)25-18-11-16(8-5-14(18)3)27-17-9-10-23-19(12-17)21(26)22-4/h5,8-13,15H,6-7H2,1-4H3,(H,22,26)(H,24,25). The smallest absolute Gasteiger partial charge is 0.269 e. The van der Waals surface area contributed by atoms with E-state index >= 15 is 0 Å². The molecule has 1 aliphatic carbocycles. The number of carbonyl (C=O) groups excluding carboxylic acids is 1. The van der Waals surface area contributed by atoms with Crippen LogP contribution in [-0.2, 0) is 0 Å². The summed E-state index contributed by atoms with van der Waals surface area (Å²) in [5.41, 5.74) is 2.41. The highest BCUT2D eigenvalue weighted by Crippen LogP contribution is 2.29. The van der Waals surface area contributed by atoms with Crippen LogP contribution in [0.2, 0.25) is 0 Å². The van der Waals surface area contributed by atoms with Gasteiger partial charge in [0.1, 0.15) is 23.0 Å². The third-order valence-electron chi connectivity index (χ3n) is 4.31. The molecule has 0 bridgehead atoms. The van der Waals surface area contributed by atoms with Gasteiger partial charge in [0.2, 0.25) is 0 Å². The molecule has 0 saturated heterocycles. The molecule has 2 N–H and O–H groups in total. The number of aryl methyl sites for hydroxylation is 1. The summed E-state index contributed by atoms with van der Waals surface area (Å²) < 4.78 is 5.94. The molecule has 1 fully saturated rings. The molecule has 1 aliphatic rings. The highest BCUT2D eigenvalue weighted by molar-refractivity contribution is 5.97. The molecule has 1 heterocycles. The number of nitrogens with zero attached hydrogens (tertiary/aromatic N) is 2. The van der Waals surface area contributed by atoms with E-state index in [0.29, 0.717) is 29.2 Å². The first kappa shape index (κ1) is 18.9. The molecule has 6 heteroatoms. The van der Waals surface area contributed by atoms with Gasteiger partial charge in [0.25, 0.3) is 5.91 Å². The van der Waals surface area contributed by atoms with Gasteiger partial charge in [0.05, 0.1) is 6.04 Å².